The number of nitrogens with zero attached hydrogens (tertiary/aromatic N) is 1. The van der Waals surface area contributed by atoms with E-state index in [0.717, 1.165) is 5.76 Å². The molecule has 1 atom stereocenters. The number of anilines is 1. The molecule has 24 heavy (non-hydrogen) atoms. The van der Waals surface area contributed by atoms with Gasteiger partial charge in [0.15, 0.2) is 0 Å². The molecule has 0 saturated carbocycles. The van der Waals surface area contributed by atoms with E-state index in [1.54, 1.807) is 6.26 Å². The topological polar surface area (TPSA) is 45.5 Å². The number of amides is 1. The lowest BCUT2D eigenvalue weighted by Crippen LogP contribution is -2.68. The van der Waals surface area contributed by atoms with E-state index >= 15 is 0 Å². The van der Waals surface area contributed by atoms with Crippen molar-refractivity contribution in [3.05, 3.63) is 59.6 Å². The minimum Gasteiger partial charge on any atom is -0.465 e. The van der Waals surface area contributed by atoms with Crippen LogP contribution in [0.1, 0.15) is 37.2 Å². The molecule has 4 heteroatoms. The number of furan rings is 1. The first-order valence-corrected chi connectivity index (χ1v) is 8.37. The predicted octanol–water partition coefficient (Wildman–Crippen LogP) is 3.62. The quantitative estimate of drug-likeness (QED) is 0.918. The second kappa shape index (κ2) is 5.00. The van der Waals surface area contributed by atoms with Crippen LogP contribution in [0, 0.1) is 6.92 Å². The standard InChI is InChI=1S/C20H22N2O2/c1-14-6-7-17-16(13-14)19(2,3)20(10-8-15-5-4-12-24-15)21-18(23)9-11-22(17)20/h4-8,10,12-13H,9,11H2,1-3H3,(H,21,23)/b10-8+. The van der Waals surface area contributed by atoms with Crippen LogP contribution >= 0.6 is 0 Å². The lowest BCUT2D eigenvalue weighted by atomic mass is 9.74. The van der Waals surface area contributed by atoms with Crippen LogP contribution in [-0.2, 0) is 10.2 Å². The molecule has 0 aliphatic carbocycles. The molecule has 1 unspecified atom stereocenters. The molecule has 1 N–H and O–H groups in total. The molecule has 2 aromatic rings. The number of hydrogen-bond donors (Lipinski definition) is 1. The minimum atomic E-state index is -0.578. The molecule has 2 aliphatic rings. The van der Waals surface area contributed by atoms with E-state index in [1.807, 2.05) is 18.2 Å². The molecule has 4 nitrogen and oxygen atoms in total. The highest BCUT2D eigenvalue weighted by molar-refractivity contribution is 5.84. The number of aryl methyl sites for hydroxylation is 1. The van der Waals surface area contributed by atoms with Crippen LogP contribution in [0.3, 0.4) is 0 Å². The smallest absolute Gasteiger partial charge is 0.223 e. The summed E-state index contributed by atoms with van der Waals surface area (Å²) in [5.41, 5.74) is 2.88. The van der Waals surface area contributed by atoms with Crippen molar-refractivity contribution >= 4 is 17.7 Å². The van der Waals surface area contributed by atoms with Gasteiger partial charge in [0.25, 0.3) is 0 Å². The third-order valence-electron chi connectivity index (χ3n) is 5.42. The number of benzene rings is 1. The Labute approximate surface area is 142 Å². The first kappa shape index (κ1) is 15.1. The number of nitrogens with one attached hydrogen (secondary N) is 1. The van der Waals surface area contributed by atoms with Crippen molar-refractivity contribution in [1.82, 2.24) is 5.32 Å². The maximum atomic E-state index is 12.3. The summed E-state index contributed by atoms with van der Waals surface area (Å²) < 4.78 is 5.44. The highest BCUT2D eigenvalue weighted by Crippen LogP contribution is 2.52. The second-order valence-electron chi connectivity index (χ2n) is 7.21. The Kier molecular flexibility index (Phi) is 3.14. The Morgan fingerprint density at radius 2 is 2.12 bits per heavy atom. The monoisotopic (exact) mass is 322 g/mol. The van der Waals surface area contributed by atoms with E-state index in [-0.39, 0.29) is 11.3 Å². The summed E-state index contributed by atoms with van der Waals surface area (Å²) >= 11 is 0. The van der Waals surface area contributed by atoms with E-state index < -0.39 is 5.66 Å². The normalized spacial score (nSPS) is 24.8. The van der Waals surface area contributed by atoms with Gasteiger partial charge in [-0.1, -0.05) is 31.5 Å². The van der Waals surface area contributed by atoms with E-state index in [1.165, 1.54) is 16.8 Å². The molecule has 1 aromatic carbocycles. The Bertz CT molecular complexity index is 820. The van der Waals surface area contributed by atoms with Crippen molar-refractivity contribution in [2.24, 2.45) is 0 Å². The third kappa shape index (κ3) is 1.95. The summed E-state index contributed by atoms with van der Waals surface area (Å²) in [5, 5.41) is 3.27. The molecular formula is C20H22N2O2. The predicted molar refractivity (Wildman–Crippen MR) is 94.8 cm³/mol. The Hall–Kier alpha value is -2.49. The zero-order valence-corrected chi connectivity index (χ0v) is 14.3. The van der Waals surface area contributed by atoms with Crippen molar-refractivity contribution in [2.75, 3.05) is 11.4 Å². The summed E-state index contributed by atoms with van der Waals surface area (Å²) in [7, 11) is 0. The summed E-state index contributed by atoms with van der Waals surface area (Å²) in [5.74, 6) is 0.875. The second-order valence-corrected chi connectivity index (χ2v) is 7.21. The number of hydrogen-bond acceptors (Lipinski definition) is 3. The van der Waals surface area contributed by atoms with Gasteiger partial charge >= 0.3 is 0 Å². The Morgan fingerprint density at radius 3 is 2.88 bits per heavy atom. The number of fused-ring (bicyclic) bond motifs is 3. The maximum absolute atomic E-state index is 12.3. The molecule has 1 saturated heterocycles. The highest BCUT2D eigenvalue weighted by Gasteiger charge is 2.57. The van der Waals surface area contributed by atoms with Gasteiger partial charge in [-0.25, -0.2) is 0 Å². The van der Waals surface area contributed by atoms with Crippen molar-refractivity contribution in [3.8, 4) is 0 Å². The maximum Gasteiger partial charge on any atom is 0.223 e. The summed E-state index contributed by atoms with van der Waals surface area (Å²) in [6, 6.07) is 10.3. The van der Waals surface area contributed by atoms with E-state index in [9.17, 15) is 4.79 Å². The molecule has 3 heterocycles. The SMILES string of the molecule is Cc1ccc2c(c1)C(C)(C)C1(/C=C/c3ccco3)NC(=O)CCN21. The summed E-state index contributed by atoms with van der Waals surface area (Å²) in [6.45, 7) is 7.22. The molecule has 1 amide bonds. The molecule has 1 aromatic heterocycles. The number of carbonyl (C=O) groups excluding carboxylic acids is 1. The summed E-state index contributed by atoms with van der Waals surface area (Å²) in [6.07, 6.45) is 6.21. The summed E-state index contributed by atoms with van der Waals surface area (Å²) in [4.78, 5) is 14.6. The van der Waals surface area contributed by atoms with E-state index in [4.69, 9.17) is 4.42 Å². The lowest BCUT2D eigenvalue weighted by Gasteiger charge is -2.49. The van der Waals surface area contributed by atoms with Crippen molar-refractivity contribution in [2.45, 2.75) is 38.3 Å². The van der Waals surface area contributed by atoms with Gasteiger partial charge in [-0.05, 0) is 42.8 Å². The van der Waals surface area contributed by atoms with Crippen LogP contribution in [0.4, 0.5) is 5.69 Å². The first-order chi connectivity index (χ1) is 11.4. The van der Waals surface area contributed by atoms with Gasteiger partial charge in [-0.2, -0.15) is 0 Å². The van der Waals surface area contributed by atoms with Gasteiger partial charge in [0.2, 0.25) is 5.91 Å². The van der Waals surface area contributed by atoms with Crippen molar-refractivity contribution < 1.29 is 9.21 Å². The molecule has 0 bridgehead atoms. The molecule has 1 fully saturated rings. The average Bonchev–Trinajstić information content (AvgIpc) is 3.11. The molecule has 2 aliphatic heterocycles. The van der Waals surface area contributed by atoms with E-state index in [0.29, 0.717) is 13.0 Å². The fourth-order valence-electron chi connectivity index (χ4n) is 4.06. The van der Waals surface area contributed by atoms with Crippen LogP contribution in [0.5, 0.6) is 0 Å². The third-order valence-corrected chi connectivity index (χ3v) is 5.42. The molecule has 0 radical (unpaired) electrons. The minimum absolute atomic E-state index is 0.0907. The van der Waals surface area contributed by atoms with Gasteiger partial charge in [-0.15, -0.1) is 0 Å². The highest BCUT2D eigenvalue weighted by atomic mass is 16.3. The van der Waals surface area contributed by atoms with Crippen molar-refractivity contribution in [3.63, 3.8) is 0 Å². The molecule has 4 rings (SSSR count). The zero-order valence-electron chi connectivity index (χ0n) is 14.3. The molecule has 124 valence electrons. The average molecular weight is 322 g/mol. The number of carbonyl (C=O) groups is 1. The zero-order chi connectivity index (χ0) is 16.9. The van der Waals surface area contributed by atoms with Crippen LogP contribution in [0.2, 0.25) is 0 Å². The first-order valence-electron chi connectivity index (χ1n) is 8.37. The van der Waals surface area contributed by atoms with Crippen molar-refractivity contribution in [1.29, 1.82) is 0 Å². The van der Waals surface area contributed by atoms with Crippen LogP contribution in [0.15, 0.2) is 47.1 Å². The van der Waals surface area contributed by atoms with Gasteiger partial charge in [0.05, 0.1) is 6.26 Å². The van der Waals surface area contributed by atoms with E-state index in [2.05, 4.69) is 55.3 Å². The van der Waals surface area contributed by atoms with Crippen LogP contribution in [0.25, 0.3) is 6.08 Å². The van der Waals surface area contributed by atoms with Gasteiger partial charge in [-0.3, -0.25) is 4.79 Å². The van der Waals surface area contributed by atoms with Crippen LogP contribution < -0.4 is 10.2 Å². The molecule has 0 spiro atoms. The Morgan fingerprint density at radius 1 is 1.29 bits per heavy atom. The number of rotatable bonds is 2. The fraction of sp³-hybridized carbons (Fsp3) is 0.350. The largest absolute Gasteiger partial charge is 0.465 e. The van der Waals surface area contributed by atoms with Gasteiger partial charge < -0.3 is 14.6 Å². The Balaban J connectivity index is 1.88. The van der Waals surface area contributed by atoms with Gasteiger partial charge in [0, 0.05) is 24.1 Å². The fourth-order valence-corrected chi connectivity index (χ4v) is 4.06. The lowest BCUT2D eigenvalue weighted by molar-refractivity contribution is -0.124. The van der Waals surface area contributed by atoms with Gasteiger partial charge in [0.1, 0.15) is 11.4 Å². The molecular weight excluding hydrogens is 300 g/mol. The van der Waals surface area contributed by atoms with Crippen LogP contribution in [-0.4, -0.2) is 18.1 Å².